The third kappa shape index (κ3) is 3.84. The molecule has 0 radical (unpaired) electrons. The minimum absolute atomic E-state index is 0.0764. The van der Waals surface area contributed by atoms with Crippen molar-refractivity contribution >= 4 is 37.2 Å². The zero-order valence-corrected chi connectivity index (χ0v) is 18.2. The monoisotopic (exact) mass is 427 g/mol. The largest absolute Gasteiger partial charge is 0.385 e. The fourth-order valence-electron chi connectivity index (χ4n) is 4.43. The SMILES string of the molecule is O=C(c1nccs1)N1CCN(C2CN(C(=P)c3ccc4c(c3)CCCN4)C2)CC1. The second kappa shape index (κ2) is 8.15. The lowest BCUT2D eigenvalue weighted by molar-refractivity contribution is 0.0318. The Morgan fingerprint density at radius 2 is 2.00 bits per heavy atom. The van der Waals surface area contributed by atoms with Crippen molar-refractivity contribution < 1.29 is 4.79 Å². The molecular weight excluding hydrogens is 401 g/mol. The molecule has 1 aromatic heterocycles. The van der Waals surface area contributed by atoms with Crippen LogP contribution in [0.2, 0.25) is 0 Å². The Morgan fingerprint density at radius 3 is 2.76 bits per heavy atom. The van der Waals surface area contributed by atoms with E-state index in [1.165, 1.54) is 40.0 Å². The first-order valence-electron chi connectivity index (χ1n) is 10.3. The topological polar surface area (TPSA) is 51.7 Å². The van der Waals surface area contributed by atoms with E-state index < -0.39 is 0 Å². The van der Waals surface area contributed by atoms with Crippen LogP contribution in [0.4, 0.5) is 5.69 Å². The van der Waals surface area contributed by atoms with Crippen LogP contribution in [-0.4, -0.2) is 82.9 Å². The Hall–Kier alpha value is -1.79. The minimum Gasteiger partial charge on any atom is -0.385 e. The number of aromatic nitrogens is 1. The van der Waals surface area contributed by atoms with Crippen LogP contribution in [0.15, 0.2) is 29.8 Å². The molecule has 3 aliphatic rings. The highest BCUT2D eigenvalue weighted by Crippen LogP contribution is 2.26. The summed E-state index contributed by atoms with van der Waals surface area (Å²) in [4.78, 5) is 23.5. The number of carbonyl (C=O) groups is 1. The van der Waals surface area contributed by atoms with E-state index in [2.05, 4.69) is 47.2 Å². The summed E-state index contributed by atoms with van der Waals surface area (Å²) in [7, 11) is 3.90. The van der Waals surface area contributed by atoms with Gasteiger partial charge in [0.2, 0.25) is 0 Å². The summed E-state index contributed by atoms with van der Waals surface area (Å²) < 4.78 is 0. The molecule has 152 valence electrons. The summed E-state index contributed by atoms with van der Waals surface area (Å²) >= 11 is 1.42. The van der Waals surface area contributed by atoms with Crippen LogP contribution in [0.5, 0.6) is 0 Å². The van der Waals surface area contributed by atoms with Crippen LogP contribution < -0.4 is 5.32 Å². The first-order chi connectivity index (χ1) is 14.2. The number of thiazole rings is 1. The van der Waals surface area contributed by atoms with E-state index in [1.54, 1.807) is 6.20 Å². The minimum atomic E-state index is 0.0764. The molecule has 2 saturated heterocycles. The molecule has 0 atom stereocenters. The van der Waals surface area contributed by atoms with Crippen LogP contribution in [0.3, 0.4) is 0 Å². The van der Waals surface area contributed by atoms with Crippen LogP contribution in [0, 0.1) is 0 Å². The molecule has 1 amide bonds. The number of amides is 1. The van der Waals surface area contributed by atoms with Crippen molar-refractivity contribution in [3.05, 3.63) is 45.9 Å². The lowest BCUT2D eigenvalue weighted by atomic mass is 9.99. The summed E-state index contributed by atoms with van der Waals surface area (Å²) in [5.41, 5.74) is 5.15. The third-order valence-electron chi connectivity index (χ3n) is 6.23. The number of carbonyl (C=O) groups excluding carboxylic acids is 1. The van der Waals surface area contributed by atoms with Crippen molar-refractivity contribution in [1.29, 1.82) is 0 Å². The van der Waals surface area contributed by atoms with Gasteiger partial charge in [-0.05, 0) is 36.1 Å². The van der Waals surface area contributed by atoms with E-state index in [0.717, 1.165) is 52.2 Å². The lowest BCUT2D eigenvalue weighted by Crippen LogP contribution is -2.64. The maximum Gasteiger partial charge on any atom is 0.282 e. The molecule has 4 heterocycles. The summed E-state index contributed by atoms with van der Waals surface area (Å²) in [5, 5.41) is 5.94. The maximum atomic E-state index is 12.5. The number of rotatable bonds is 4. The van der Waals surface area contributed by atoms with Gasteiger partial charge in [0, 0.05) is 74.5 Å². The maximum absolute atomic E-state index is 12.5. The first-order valence-corrected chi connectivity index (χ1v) is 11.7. The molecule has 0 saturated carbocycles. The molecule has 5 rings (SSSR count). The highest BCUT2D eigenvalue weighted by molar-refractivity contribution is 7.21. The molecule has 6 nitrogen and oxygen atoms in total. The van der Waals surface area contributed by atoms with Crippen molar-refractivity contribution in [3.63, 3.8) is 0 Å². The molecular formula is C21H26N5OPS. The lowest BCUT2D eigenvalue weighted by Gasteiger charge is -2.48. The number of nitrogens with zero attached hydrogens (tertiary/aromatic N) is 4. The van der Waals surface area contributed by atoms with Crippen molar-refractivity contribution in [2.75, 3.05) is 51.1 Å². The molecule has 1 aromatic carbocycles. The normalized spacial score (nSPS) is 20.6. The number of fused-ring (bicyclic) bond motifs is 1. The Labute approximate surface area is 177 Å². The number of nitrogens with one attached hydrogen (secondary N) is 1. The highest BCUT2D eigenvalue weighted by Gasteiger charge is 2.36. The molecule has 1 N–H and O–H groups in total. The molecule has 0 bridgehead atoms. The van der Waals surface area contributed by atoms with E-state index in [4.69, 9.17) is 0 Å². The number of aryl methyl sites for hydroxylation is 1. The highest BCUT2D eigenvalue weighted by atomic mass is 32.1. The third-order valence-corrected chi connectivity index (χ3v) is 7.59. The van der Waals surface area contributed by atoms with Crippen molar-refractivity contribution in [2.24, 2.45) is 0 Å². The second-order valence-corrected chi connectivity index (χ2v) is 9.34. The summed E-state index contributed by atoms with van der Waals surface area (Å²) in [6, 6.07) is 7.30. The van der Waals surface area contributed by atoms with Crippen LogP contribution in [0.25, 0.3) is 0 Å². The molecule has 0 spiro atoms. The molecule has 2 fully saturated rings. The first kappa shape index (κ1) is 19.2. The van der Waals surface area contributed by atoms with Gasteiger partial charge in [-0.1, -0.05) is 6.07 Å². The zero-order chi connectivity index (χ0) is 19.8. The molecule has 0 aliphatic carbocycles. The second-order valence-electron chi connectivity index (χ2n) is 7.98. The van der Waals surface area contributed by atoms with Crippen molar-refractivity contribution in [3.8, 4) is 0 Å². The quantitative estimate of drug-likeness (QED) is 0.759. The number of benzene rings is 1. The average molecular weight is 428 g/mol. The average Bonchev–Trinajstić information content (AvgIpc) is 3.27. The predicted molar refractivity (Wildman–Crippen MR) is 121 cm³/mol. The summed E-state index contributed by atoms with van der Waals surface area (Å²) in [5.74, 6) is 0.0764. The van der Waals surface area contributed by atoms with Crippen LogP contribution in [0.1, 0.15) is 27.3 Å². The van der Waals surface area contributed by atoms with Gasteiger partial charge in [-0.25, -0.2) is 4.98 Å². The van der Waals surface area contributed by atoms with Crippen LogP contribution >= 0.6 is 20.2 Å². The Balaban J connectivity index is 1.13. The molecule has 29 heavy (non-hydrogen) atoms. The van der Waals surface area contributed by atoms with Gasteiger partial charge in [0.05, 0.1) is 0 Å². The Morgan fingerprint density at radius 1 is 1.17 bits per heavy atom. The zero-order valence-electron chi connectivity index (χ0n) is 16.4. The summed E-state index contributed by atoms with van der Waals surface area (Å²) in [6.45, 7) is 6.61. The smallest absolute Gasteiger partial charge is 0.282 e. The van der Waals surface area contributed by atoms with Gasteiger partial charge in [-0.3, -0.25) is 14.6 Å². The van der Waals surface area contributed by atoms with Gasteiger partial charge >= 0.3 is 0 Å². The van der Waals surface area contributed by atoms with Gasteiger partial charge < -0.3 is 10.2 Å². The molecule has 2 aromatic rings. The number of likely N-dealkylation sites (tertiary alicyclic amines) is 1. The Bertz CT molecular complexity index is 904. The Kier molecular flexibility index (Phi) is 5.39. The predicted octanol–water partition coefficient (Wildman–Crippen LogP) is 2.26. The van der Waals surface area contributed by atoms with Gasteiger partial charge in [0.25, 0.3) is 5.91 Å². The number of piperazine rings is 1. The molecule has 8 heteroatoms. The van der Waals surface area contributed by atoms with E-state index in [1.807, 2.05) is 10.3 Å². The van der Waals surface area contributed by atoms with E-state index in [-0.39, 0.29) is 5.91 Å². The van der Waals surface area contributed by atoms with E-state index in [9.17, 15) is 4.79 Å². The number of anilines is 1. The number of hydrogen-bond acceptors (Lipinski definition) is 5. The standard InChI is InChI=1S/C21H26N5OPS/c27-20(19-23-6-11-29-19)25-9-7-24(8-10-25)17-13-26(14-17)21(28)16-3-4-18-15(12-16)2-1-5-22-18/h3-4,6,11-12,17,22,28H,1-2,5,7-10,13-14H2. The van der Waals surface area contributed by atoms with E-state index >= 15 is 0 Å². The molecule has 3 aliphatic heterocycles. The molecule has 0 unspecified atom stereocenters. The van der Waals surface area contributed by atoms with Crippen molar-refractivity contribution in [1.82, 2.24) is 19.7 Å². The van der Waals surface area contributed by atoms with Gasteiger partial charge in [0.15, 0.2) is 5.01 Å². The fourth-order valence-corrected chi connectivity index (χ4v) is 5.37. The van der Waals surface area contributed by atoms with Gasteiger partial charge in [-0.2, -0.15) is 0 Å². The van der Waals surface area contributed by atoms with Gasteiger partial charge in [-0.15, -0.1) is 20.2 Å². The number of hydrogen-bond donors (Lipinski definition) is 1. The van der Waals surface area contributed by atoms with E-state index in [0.29, 0.717) is 11.0 Å². The van der Waals surface area contributed by atoms with Gasteiger partial charge in [0.1, 0.15) is 0 Å². The van der Waals surface area contributed by atoms with Crippen LogP contribution in [-0.2, 0) is 6.42 Å². The summed E-state index contributed by atoms with van der Waals surface area (Å²) in [6.07, 6.45) is 4.06. The fraction of sp³-hybridized carbons (Fsp3) is 0.476. The van der Waals surface area contributed by atoms with Crippen molar-refractivity contribution in [2.45, 2.75) is 18.9 Å².